The molecule has 0 atom stereocenters. The van der Waals surface area contributed by atoms with Crippen molar-refractivity contribution in [2.45, 2.75) is 6.92 Å². The van der Waals surface area contributed by atoms with E-state index in [-0.39, 0.29) is 6.01 Å². The molecule has 0 aromatic carbocycles. The van der Waals surface area contributed by atoms with Crippen LogP contribution in [0.5, 0.6) is 23.5 Å². The molecule has 0 saturated carbocycles. The van der Waals surface area contributed by atoms with Crippen LogP contribution in [0.3, 0.4) is 0 Å². The molecule has 116 valence electrons. The molecule has 2 aromatic rings. The van der Waals surface area contributed by atoms with Crippen LogP contribution < -0.4 is 19.6 Å². The first-order chi connectivity index (χ1) is 10.8. The predicted molar refractivity (Wildman–Crippen MR) is 80.7 cm³/mol. The van der Waals surface area contributed by atoms with Crippen LogP contribution in [0.15, 0.2) is 29.5 Å². The van der Waals surface area contributed by atoms with Gasteiger partial charge in [0.05, 0.1) is 26.5 Å². The lowest BCUT2D eigenvalue weighted by Crippen LogP contribution is -2.05. The highest BCUT2D eigenvalue weighted by Gasteiger charge is 2.10. The summed E-state index contributed by atoms with van der Waals surface area (Å²) in [5, 5.41) is 4.02. The third-order valence-corrected chi connectivity index (χ3v) is 2.51. The zero-order valence-electron chi connectivity index (χ0n) is 12.6. The smallest absolute Gasteiger partial charge is 0.328 e. The van der Waals surface area contributed by atoms with Crippen LogP contribution in [-0.2, 0) is 0 Å². The number of pyridine rings is 1. The van der Waals surface area contributed by atoms with Crippen LogP contribution in [0.4, 0.5) is 0 Å². The molecule has 0 radical (unpaired) electrons. The summed E-state index contributed by atoms with van der Waals surface area (Å²) < 4.78 is 15.8. The monoisotopic (exact) mass is 303 g/mol. The van der Waals surface area contributed by atoms with Crippen molar-refractivity contribution >= 4 is 6.21 Å². The summed E-state index contributed by atoms with van der Waals surface area (Å²) in [5.41, 5.74) is 3.38. The van der Waals surface area contributed by atoms with Crippen LogP contribution in [0.1, 0.15) is 12.6 Å². The van der Waals surface area contributed by atoms with Gasteiger partial charge in [-0.15, -0.1) is 0 Å². The van der Waals surface area contributed by atoms with Gasteiger partial charge in [-0.25, -0.2) is 0 Å². The Morgan fingerprint density at radius 2 is 1.95 bits per heavy atom. The fraction of sp³-hybridized carbons (Fsp3) is 0.286. The second-order valence-electron chi connectivity index (χ2n) is 3.99. The Kier molecular flexibility index (Phi) is 5.47. The summed E-state index contributed by atoms with van der Waals surface area (Å²) in [7, 11) is 3.01. The standard InChI is InChI=1S/C14H17N5O3/c1-4-16-17-9-10-11(6-5-7-15-10)22-14-18-12(20-2)8-13(19-14)21-3/h5-9,16H,4H2,1-3H3. The Bertz CT molecular complexity index is 626. The minimum Gasteiger partial charge on any atom is -0.481 e. The van der Waals surface area contributed by atoms with Crippen molar-refractivity contribution in [3.05, 3.63) is 30.1 Å². The fourth-order valence-electron chi connectivity index (χ4n) is 1.52. The number of aromatic nitrogens is 3. The Morgan fingerprint density at radius 1 is 1.23 bits per heavy atom. The van der Waals surface area contributed by atoms with Crippen molar-refractivity contribution in [2.75, 3.05) is 20.8 Å². The summed E-state index contributed by atoms with van der Waals surface area (Å²) in [6.45, 7) is 2.67. The minimum atomic E-state index is 0.0994. The number of ether oxygens (including phenoxy) is 3. The first kappa shape index (κ1) is 15.5. The first-order valence-electron chi connectivity index (χ1n) is 6.62. The Labute approximate surface area is 128 Å². The second-order valence-corrected chi connectivity index (χ2v) is 3.99. The van der Waals surface area contributed by atoms with Crippen LogP contribution in [0.25, 0.3) is 0 Å². The number of nitrogens with one attached hydrogen (secondary N) is 1. The lowest BCUT2D eigenvalue weighted by molar-refractivity contribution is 0.347. The van der Waals surface area contributed by atoms with Gasteiger partial charge < -0.3 is 19.6 Å². The summed E-state index contributed by atoms with van der Waals surface area (Å²) in [6.07, 6.45) is 3.21. The third kappa shape index (κ3) is 4.05. The molecule has 0 saturated heterocycles. The van der Waals surface area contributed by atoms with Gasteiger partial charge >= 0.3 is 6.01 Å². The quantitative estimate of drug-likeness (QED) is 0.614. The van der Waals surface area contributed by atoms with Gasteiger partial charge in [-0.3, -0.25) is 4.98 Å². The molecule has 2 heterocycles. The molecule has 2 aromatic heterocycles. The molecular weight excluding hydrogens is 286 g/mol. The molecular formula is C14H17N5O3. The van der Waals surface area contributed by atoms with Crippen molar-refractivity contribution in [1.29, 1.82) is 0 Å². The van der Waals surface area contributed by atoms with E-state index in [1.807, 2.05) is 6.92 Å². The molecule has 8 heteroatoms. The number of methoxy groups -OCH3 is 2. The van der Waals surface area contributed by atoms with E-state index >= 15 is 0 Å². The van der Waals surface area contributed by atoms with E-state index in [2.05, 4.69) is 25.5 Å². The maximum atomic E-state index is 5.66. The average molecular weight is 303 g/mol. The van der Waals surface area contributed by atoms with E-state index in [1.165, 1.54) is 14.2 Å². The molecule has 0 aliphatic heterocycles. The van der Waals surface area contributed by atoms with Gasteiger partial charge in [0, 0.05) is 12.7 Å². The van der Waals surface area contributed by atoms with Gasteiger partial charge in [-0.05, 0) is 19.1 Å². The second kappa shape index (κ2) is 7.77. The lowest BCUT2D eigenvalue weighted by atomic mass is 10.3. The molecule has 0 bridgehead atoms. The SMILES string of the molecule is CCNN=Cc1ncccc1Oc1nc(OC)cc(OC)n1. The van der Waals surface area contributed by atoms with Gasteiger partial charge in [0.15, 0.2) is 5.75 Å². The normalized spacial score (nSPS) is 10.5. The van der Waals surface area contributed by atoms with E-state index in [9.17, 15) is 0 Å². The van der Waals surface area contributed by atoms with Crippen LogP contribution >= 0.6 is 0 Å². The van der Waals surface area contributed by atoms with Crippen molar-refractivity contribution in [1.82, 2.24) is 20.4 Å². The summed E-state index contributed by atoms with van der Waals surface area (Å²) in [5.74, 6) is 1.15. The molecule has 0 aliphatic rings. The van der Waals surface area contributed by atoms with Crippen molar-refractivity contribution in [2.24, 2.45) is 5.10 Å². The van der Waals surface area contributed by atoms with Gasteiger partial charge in [0.25, 0.3) is 0 Å². The van der Waals surface area contributed by atoms with E-state index in [0.29, 0.717) is 23.2 Å². The number of hydrogen-bond acceptors (Lipinski definition) is 8. The van der Waals surface area contributed by atoms with E-state index < -0.39 is 0 Å². The van der Waals surface area contributed by atoms with Gasteiger partial charge in [0.2, 0.25) is 11.8 Å². The Morgan fingerprint density at radius 3 is 2.59 bits per heavy atom. The number of nitrogens with zero attached hydrogens (tertiary/aromatic N) is 4. The predicted octanol–water partition coefficient (Wildman–Crippen LogP) is 1.62. The largest absolute Gasteiger partial charge is 0.481 e. The van der Waals surface area contributed by atoms with E-state index in [0.717, 1.165) is 6.54 Å². The van der Waals surface area contributed by atoms with Crippen molar-refractivity contribution in [3.63, 3.8) is 0 Å². The zero-order chi connectivity index (χ0) is 15.8. The highest BCUT2D eigenvalue weighted by atomic mass is 16.5. The summed E-state index contributed by atoms with van der Waals surface area (Å²) >= 11 is 0. The minimum absolute atomic E-state index is 0.0994. The summed E-state index contributed by atoms with van der Waals surface area (Å²) in [4.78, 5) is 12.4. The van der Waals surface area contributed by atoms with Gasteiger partial charge in [-0.1, -0.05) is 0 Å². The Balaban J connectivity index is 2.27. The molecule has 0 spiro atoms. The third-order valence-electron chi connectivity index (χ3n) is 2.51. The number of hydrazone groups is 1. The molecule has 8 nitrogen and oxygen atoms in total. The van der Waals surface area contributed by atoms with Crippen molar-refractivity contribution in [3.8, 4) is 23.5 Å². The molecule has 22 heavy (non-hydrogen) atoms. The van der Waals surface area contributed by atoms with Crippen LogP contribution in [-0.4, -0.2) is 41.9 Å². The van der Waals surface area contributed by atoms with Crippen LogP contribution in [0, 0.1) is 0 Å². The molecule has 0 fully saturated rings. The van der Waals surface area contributed by atoms with Gasteiger partial charge in [0.1, 0.15) is 5.69 Å². The lowest BCUT2D eigenvalue weighted by Gasteiger charge is -2.08. The Hall–Kier alpha value is -2.90. The van der Waals surface area contributed by atoms with Gasteiger partial charge in [-0.2, -0.15) is 15.1 Å². The maximum Gasteiger partial charge on any atom is 0.328 e. The molecule has 2 rings (SSSR count). The number of rotatable bonds is 7. The van der Waals surface area contributed by atoms with Crippen molar-refractivity contribution < 1.29 is 14.2 Å². The number of hydrogen-bond donors (Lipinski definition) is 1. The highest BCUT2D eigenvalue weighted by Crippen LogP contribution is 2.24. The molecule has 0 amide bonds. The maximum absolute atomic E-state index is 5.66. The highest BCUT2D eigenvalue weighted by molar-refractivity contribution is 5.80. The van der Waals surface area contributed by atoms with E-state index in [1.54, 1.807) is 30.6 Å². The topological polar surface area (TPSA) is 90.8 Å². The first-order valence-corrected chi connectivity index (χ1v) is 6.62. The van der Waals surface area contributed by atoms with Crippen LogP contribution in [0.2, 0.25) is 0 Å². The molecule has 1 N–H and O–H groups in total. The average Bonchev–Trinajstić information content (AvgIpc) is 2.56. The molecule has 0 unspecified atom stereocenters. The van der Waals surface area contributed by atoms with E-state index in [4.69, 9.17) is 14.2 Å². The summed E-state index contributed by atoms with van der Waals surface area (Å²) in [6, 6.07) is 5.15. The molecule has 0 aliphatic carbocycles. The fourth-order valence-corrected chi connectivity index (χ4v) is 1.52. The zero-order valence-corrected chi connectivity index (χ0v) is 12.6.